The Bertz CT molecular complexity index is 532. The van der Waals surface area contributed by atoms with Crippen molar-refractivity contribution in [2.24, 2.45) is 0 Å². The number of furan rings is 1. The van der Waals surface area contributed by atoms with Crippen molar-refractivity contribution in [3.8, 4) is 17.1 Å². The van der Waals surface area contributed by atoms with Gasteiger partial charge in [0.1, 0.15) is 11.5 Å². The second-order valence-corrected chi connectivity index (χ2v) is 3.80. The van der Waals surface area contributed by atoms with E-state index in [1.165, 1.54) is 6.92 Å². The third kappa shape index (κ3) is 2.71. The number of nitrogens with one attached hydrogen (secondary N) is 1. The van der Waals surface area contributed by atoms with Gasteiger partial charge in [0.05, 0.1) is 18.6 Å². The van der Waals surface area contributed by atoms with E-state index in [2.05, 4.69) is 5.32 Å². The van der Waals surface area contributed by atoms with Gasteiger partial charge in [-0.25, -0.2) is 0 Å². The van der Waals surface area contributed by atoms with Crippen LogP contribution >= 0.6 is 0 Å². The summed E-state index contributed by atoms with van der Waals surface area (Å²) in [7, 11) is 0. The molecular weight excluding hydrogens is 230 g/mol. The van der Waals surface area contributed by atoms with Gasteiger partial charge in [-0.3, -0.25) is 4.79 Å². The Kier molecular flexibility index (Phi) is 3.67. The predicted octanol–water partition coefficient (Wildman–Crippen LogP) is 3.30. The molecule has 0 unspecified atom stereocenters. The molecule has 2 rings (SSSR count). The molecule has 18 heavy (non-hydrogen) atoms. The molecule has 0 aliphatic rings. The van der Waals surface area contributed by atoms with Crippen molar-refractivity contribution in [1.82, 2.24) is 0 Å². The fourth-order valence-corrected chi connectivity index (χ4v) is 1.71. The van der Waals surface area contributed by atoms with Gasteiger partial charge in [-0.15, -0.1) is 0 Å². The fourth-order valence-electron chi connectivity index (χ4n) is 1.71. The summed E-state index contributed by atoms with van der Waals surface area (Å²) < 4.78 is 10.8. The normalized spacial score (nSPS) is 10.1. The predicted molar refractivity (Wildman–Crippen MR) is 69.6 cm³/mol. The molecule has 0 bridgehead atoms. The Morgan fingerprint density at radius 2 is 2.22 bits per heavy atom. The quantitative estimate of drug-likeness (QED) is 0.899. The maximum absolute atomic E-state index is 11.2. The molecule has 0 atom stereocenters. The summed E-state index contributed by atoms with van der Waals surface area (Å²) in [6.07, 6.45) is 1.60. The number of amides is 1. The van der Waals surface area contributed by atoms with Crippen LogP contribution in [0.2, 0.25) is 0 Å². The smallest absolute Gasteiger partial charge is 0.221 e. The highest BCUT2D eigenvalue weighted by molar-refractivity contribution is 5.93. The van der Waals surface area contributed by atoms with Crippen LogP contribution in [0, 0.1) is 0 Å². The van der Waals surface area contributed by atoms with Crippen molar-refractivity contribution in [2.45, 2.75) is 13.8 Å². The van der Waals surface area contributed by atoms with Gasteiger partial charge < -0.3 is 14.5 Å². The van der Waals surface area contributed by atoms with Gasteiger partial charge >= 0.3 is 0 Å². The zero-order chi connectivity index (χ0) is 13.0. The first-order chi connectivity index (χ1) is 8.70. The van der Waals surface area contributed by atoms with Crippen molar-refractivity contribution in [3.05, 3.63) is 36.6 Å². The van der Waals surface area contributed by atoms with E-state index in [-0.39, 0.29) is 5.91 Å². The second-order valence-electron chi connectivity index (χ2n) is 3.80. The van der Waals surface area contributed by atoms with E-state index in [1.54, 1.807) is 12.3 Å². The molecule has 0 radical (unpaired) electrons. The van der Waals surface area contributed by atoms with E-state index in [4.69, 9.17) is 9.15 Å². The molecule has 0 saturated carbocycles. The van der Waals surface area contributed by atoms with Crippen molar-refractivity contribution in [1.29, 1.82) is 0 Å². The summed E-state index contributed by atoms with van der Waals surface area (Å²) in [5, 5.41) is 2.78. The number of carbonyl (C=O) groups is 1. The van der Waals surface area contributed by atoms with Gasteiger partial charge in [-0.2, -0.15) is 0 Å². The Morgan fingerprint density at radius 1 is 1.39 bits per heavy atom. The first-order valence-electron chi connectivity index (χ1n) is 5.79. The van der Waals surface area contributed by atoms with Gasteiger partial charge in [0.2, 0.25) is 5.91 Å². The average molecular weight is 245 g/mol. The van der Waals surface area contributed by atoms with Crippen LogP contribution in [0.25, 0.3) is 11.3 Å². The zero-order valence-corrected chi connectivity index (χ0v) is 10.4. The van der Waals surface area contributed by atoms with Crippen LogP contribution < -0.4 is 10.1 Å². The highest BCUT2D eigenvalue weighted by Crippen LogP contribution is 2.32. The minimum atomic E-state index is -0.119. The summed E-state index contributed by atoms with van der Waals surface area (Å²) in [4.78, 5) is 11.2. The number of ether oxygens (including phenoxy) is 1. The van der Waals surface area contributed by atoms with E-state index in [0.29, 0.717) is 18.1 Å². The summed E-state index contributed by atoms with van der Waals surface area (Å²) >= 11 is 0. The molecule has 1 amide bonds. The number of anilines is 1. The summed E-state index contributed by atoms with van der Waals surface area (Å²) in [6, 6.07) is 9.13. The minimum Gasteiger partial charge on any atom is -0.494 e. The van der Waals surface area contributed by atoms with Crippen LogP contribution in [-0.4, -0.2) is 12.5 Å². The highest BCUT2D eigenvalue weighted by atomic mass is 16.5. The average Bonchev–Trinajstić information content (AvgIpc) is 2.84. The number of hydrogen-bond acceptors (Lipinski definition) is 3. The molecule has 1 heterocycles. The third-order valence-electron chi connectivity index (χ3n) is 2.40. The molecule has 0 fully saturated rings. The highest BCUT2D eigenvalue weighted by Gasteiger charge is 2.10. The van der Waals surface area contributed by atoms with Gasteiger partial charge in [-0.1, -0.05) is 0 Å². The van der Waals surface area contributed by atoms with Crippen molar-refractivity contribution < 1.29 is 13.9 Å². The van der Waals surface area contributed by atoms with Crippen LogP contribution in [0.4, 0.5) is 5.69 Å². The topological polar surface area (TPSA) is 51.5 Å². The summed E-state index contributed by atoms with van der Waals surface area (Å²) in [5.41, 5.74) is 1.52. The van der Waals surface area contributed by atoms with Gasteiger partial charge in [0, 0.05) is 12.5 Å². The number of hydrogen-bond donors (Lipinski definition) is 1. The largest absolute Gasteiger partial charge is 0.494 e. The lowest BCUT2D eigenvalue weighted by atomic mass is 10.1. The molecule has 2 aromatic rings. The van der Waals surface area contributed by atoms with E-state index < -0.39 is 0 Å². The lowest BCUT2D eigenvalue weighted by molar-refractivity contribution is -0.114. The number of rotatable bonds is 4. The standard InChI is InChI=1S/C14H15NO3/c1-3-17-11-6-7-13(15-10(2)16)12(9-11)14-5-4-8-18-14/h4-9H,3H2,1-2H3,(H,15,16). The SMILES string of the molecule is CCOc1ccc(NC(C)=O)c(-c2ccco2)c1. The van der Waals surface area contributed by atoms with Crippen LogP contribution in [0.5, 0.6) is 5.75 Å². The molecule has 0 saturated heterocycles. The fraction of sp³-hybridized carbons (Fsp3) is 0.214. The van der Waals surface area contributed by atoms with E-state index in [9.17, 15) is 4.79 Å². The Labute approximate surface area is 106 Å². The van der Waals surface area contributed by atoms with Crippen LogP contribution in [0.3, 0.4) is 0 Å². The molecule has 1 aromatic carbocycles. The molecule has 94 valence electrons. The number of benzene rings is 1. The summed E-state index contributed by atoms with van der Waals surface area (Å²) in [6.45, 7) is 3.99. The molecular formula is C14H15NO3. The molecule has 1 aromatic heterocycles. The lowest BCUT2D eigenvalue weighted by Gasteiger charge is -2.10. The van der Waals surface area contributed by atoms with E-state index in [1.807, 2.05) is 31.2 Å². The van der Waals surface area contributed by atoms with E-state index >= 15 is 0 Å². The molecule has 4 heteroatoms. The monoisotopic (exact) mass is 245 g/mol. The Balaban J connectivity index is 2.43. The Morgan fingerprint density at radius 3 is 2.83 bits per heavy atom. The molecule has 0 aliphatic heterocycles. The van der Waals surface area contributed by atoms with Gasteiger partial charge in [0.15, 0.2) is 0 Å². The second kappa shape index (κ2) is 5.40. The zero-order valence-electron chi connectivity index (χ0n) is 10.4. The Hall–Kier alpha value is -2.23. The van der Waals surface area contributed by atoms with Crippen LogP contribution in [-0.2, 0) is 4.79 Å². The number of carbonyl (C=O) groups excluding carboxylic acids is 1. The summed E-state index contributed by atoms with van der Waals surface area (Å²) in [5.74, 6) is 1.32. The minimum absolute atomic E-state index is 0.119. The molecule has 4 nitrogen and oxygen atoms in total. The lowest BCUT2D eigenvalue weighted by Crippen LogP contribution is -2.07. The molecule has 0 spiro atoms. The van der Waals surface area contributed by atoms with Crippen LogP contribution in [0.1, 0.15) is 13.8 Å². The third-order valence-corrected chi connectivity index (χ3v) is 2.40. The van der Waals surface area contributed by atoms with Crippen molar-refractivity contribution >= 4 is 11.6 Å². The maximum atomic E-state index is 11.2. The molecule has 1 N–H and O–H groups in total. The first-order valence-corrected chi connectivity index (χ1v) is 5.79. The first kappa shape index (κ1) is 12.2. The van der Waals surface area contributed by atoms with Crippen LogP contribution in [0.15, 0.2) is 41.0 Å². The van der Waals surface area contributed by atoms with Crippen molar-refractivity contribution in [3.63, 3.8) is 0 Å². The van der Waals surface area contributed by atoms with E-state index in [0.717, 1.165) is 11.3 Å². The van der Waals surface area contributed by atoms with Crippen molar-refractivity contribution in [2.75, 3.05) is 11.9 Å². The van der Waals surface area contributed by atoms with Gasteiger partial charge in [-0.05, 0) is 37.3 Å². The maximum Gasteiger partial charge on any atom is 0.221 e. The van der Waals surface area contributed by atoms with Gasteiger partial charge in [0.25, 0.3) is 0 Å². The molecule has 0 aliphatic carbocycles.